The lowest BCUT2D eigenvalue weighted by atomic mass is 10.1. The Morgan fingerprint density at radius 2 is 1.67 bits per heavy atom. The summed E-state index contributed by atoms with van der Waals surface area (Å²) in [5, 5.41) is 2.20. The first-order chi connectivity index (χ1) is 20.0. The molecule has 0 bridgehead atoms. The van der Waals surface area contributed by atoms with E-state index in [9.17, 15) is 31.2 Å². The first kappa shape index (κ1) is 34.4. The van der Waals surface area contributed by atoms with Crippen LogP contribution in [-0.2, 0) is 32.3 Å². The zero-order chi connectivity index (χ0) is 32.1. The van der Waals surface area contributed by atoms with E-state index in [1.165, 1.54) is 36.1 Å². The maximum Gasteiger partial charge on any atom is 0.417 e. The van der Waals surface area contributed by atoms with Gasteiger partial charge in [-0.15, -0.1) is 0 Å². The second kappa shape index (κ2) is 14.1. The molecule has 13 heteroatoms. The fourth-order valence-electron chi connectivity index (χ4n) is 4.13. The molecule has 2 atom stereocenters. The molecule has 3 aromatic rings. The maximum atomic E-state index is 14.0. The molecule has 3 aromatic carbocycles. The lowest BCUT2D eigenvalue weighted by Gasteiger charge is -2.32. The standard InChI is InChI=1S/C30H32BrClF3N3O4S/c1-5-20(3)36-29(40)21(4)37(17-22-7-6-8-23(31)15-22)28(39)18-38(43(41,42)25-12-9-19(2)10-13-25)24-11-14-27(32)26(16-24)30(33,34)35/h6-16,20-21H,5,17-18H2,1-4H3,(H,36,40)/t20-,21+/m1/s1. The highest BCUT2D eigenvalue weighted by molar-refractivity contribution is 9.10. The number of hydrogen-bond donors (Lipinski definition) is 1. The van der Waals surface area contributed by atoms with Gasteiger partial charge in [0.15, 0.2) is 0 Å². The van der Waals surface area contributed by atoms with E-state index >= 15 is 0 Å². The third-order valence-corrected chi connectivity index (χ3v) is 9.45. The SMILES string of the molecule is CC[C@@H](C)NC(=O)[C@H](C)N(Cc1cccc(Br)c1)C(=O)CN(c1ccc(Cl)c(C(F)(F)F)c1)S(=O)(=O)c1ccc(C)cc1. The highest BCUT2D eigenvalue weighted by Gasteiger charge is 2.37. The average Bonchev–Trinajstić information content (AvgIpc) is 2.94. The molecular formula is C30H32BrClF3N3O4S. The average molecular weight is 703 g/mol. The van der Waals surface area contributed by atoms with Crippen molar-refractivity contribution in [2.24, 2.45) is 0 Å². The van der Waals surface area contributed by atoms with Gasteiger partial charge in [0.2, 0.25) is 11.8 Å². The number of rotatable bonds is 11. The summed E-state index contributed by atoms with van der Waals surface area (Å²) < 4.78 is 70.4. The van der Waals surface area contributed by atoms with E-state index in [1.807, 2.05) is 6.92 Å². The van der Waals surface area contributed by atoms with Gasteiger partial charge in [-0.25, -0.2) is 8.42 Å². The number of carbonyl (C=O) groups excluding carboxylic acids is 2. The van der Waals surface area contributed by atoms with Crippen molar-refractivity contribution in [2.45, 2.75) is 63.8 Å². The second-order valence-electron chi connectivity index (χ2n) is 10.1. The van der Waals surface area contributed by atoms with E-state index in [0.717, 1.165) is 22.2 Å². The summed E-state index contributed by atoms with van der Waals surface area (Å²) in [5.41, 5.74) is -0.265. The smallest absolute Gasteiger partial charge is 0.352 e. The summed E-state index contributed by atoms with van der Waals surface area (Å²) >= 11 is 9.19. The summed E-state index contributed by atoms with van der Waals surface area (Å²) in [6, 6.07) is 14.1. The lowest BCUT2D eigenvalue weighted by molar-refractivity contribution is -0.139. The van der Waals surface area contributed by atoms with E-state index in [1.54, 1.807) is 38.1 Å². The number of halogens is 5. The number of hydrogen-bond acceptors (Lipinski definition) is 4. The Bertz CT molecular complexity index is 1570. The molecule has 0 radical (unpaired) electrons. The van der Waals surface area contributed by atoms with Crippen molar-refractivity contribution >= 4 is 55.1 Å². The van der Waals surface area contributed by atoms with Gasteiger partial charge in [-0.05, 0) is 75.2 Å². The number of carbonyl (C=O) groups is 2. The minimum absolute atomic E-state index is 0.0692. The van der Waals surface area contributed by atoms with Gasteiger partial charge in [-0.1, -0.05) is 64.3 Å². The van der Waals surface area contributed by atoms with Crippen LogP contribution in [0, 0.1) is 6.92 Å². The van der Waals surface area contributed by atoms with Crippen LogP contribution in [0.25, 0.3) is 0 Å². The van der Waals surface area contributed by atoms with Crippen molar-refractivity contribution < 1.29 is 31.2 Å². The summed E-state index contributed by atoms with van der Waals surface area (Å²) in [7, 11) is -4.56. The quantitative estimate of drug-likeness (QED) is 0.234. The fourth-order valence-corrected chi connectivity index (χ4v) is 6.21. The molecule has 1 N–H and O–H groups in total. The number of benzene rings is 3. The van der Waals surface area contributed by atoms with Crippen molar-refractivity contribution in [3.63, 3.8) is 0 Å². The van der Waals surface area contributed by atoms with Crippen LogP contribution >= 0.6 is 27.5 Å². The maximum absolute atomic E-state index is 14.0. The largest absolute Gasteiger partial charge is 0.417 e. The van der Waals surface area contributed by atoms with Crippen molar-refractivity contribution in [1.29, 1.82) is 0 Å². The Labute approximate surface area is 263 Å². The van der Waals surface area contributed by atoms with Gasteiger partial charge >= 0.3 is 6.18 Å². The minimum atomic E-state index is -4.88. The first-order valence-corrected chi connectivity index (χ1v) is 16.0. The zero-order valence-corrected chi connectivity index (χ0v) is 27.1. The van der Waals surface area contributed by atoms with Crippen molar-refractivity contribution in [3.05, 3.63) is 92.9 Å². The molecule has 0 aromatic heterocycles. The first-order valence-electron chi connectivity index (χ1n) is 13.3. The Kier molecular flexibility index (Phi) is 11.3. The van der Waals surface area contributed by atoms with E-state index in [-0.39, 0.29) is 17.5 Å². The third kappa shape index (κ3) is 8.73. The number of nitrogens with zero attached hydrogens (tertiary/aromatic N) is 2. The summed E-state index contributed by atoms with van der Waals surface area (Å²) in [6.07, 6.45) is -4.25. The molecule has 0 aliphatic rings. The van der Waals surface area contributed by atoms with Gasteiger partial charge in [0.05, 0.1) is 21.2 Å². The number of nitrogens with one attached hydrogen (secondary N) is 1. The molecule has 0 aliphatic heterocycles. The van der Waals surface area contributed by atoms with Crippen molar-refractivity contribution in [2.75, 3.05) is 10.8 Å². The van der Waals surface area contributed by atoms with Crippen LogP contribution in [0.3, 0.4) is 0 Å². The molecular weight excluding hydrogens is 671 g/mol. The number of alkyl halides is 3. The number of anilines is 1. The van der Waals surface area contributed by atoms with E-state index in [2.05, 4.69) is 21.2 Å². The van der Waals surface area contributed by atoms with Crippen LogP contribution in [0.2, 0.25) is 5.02 Å². The van der Waals surface area contributed by atoms with Crippen LogP contribution in [0.5, 0.6) is 0 Å². The van der Waals surface area contributed by atoms with Gasteiger partial charge in [0.25, 0.3) is 10.0 Å². The highest BCUT2D eigenvalue weighted by atomic mass is 79.9. The lowest BCUT2D eigenvalue weighted by Crippen LogP contribution is -2.52. The molecule has 232 valence electrons. The van der Waals surface area contributed by atoms with Crippen LogP contribution in [-0.4, -0.2) is 43.8 Å². The minimum Gasteiger partial charge on any atom is -0.352 e. The zero-order valence-electron chi connectivity index (χ0n) is 24.0. The summed E-state index contributed by atoms with van der Waals surface area (Å²) in [4.78, 5) is 28.1. The predicted molar refractivity (Wildman–Crippen MR) is 164 cm³/mol. The second-order valence-corrected chi connectivity index (χ2v) is 13.3. The molecule has 7 nitrogen and oxygen atoms in total. The molecule has 0 fully saturated rings. The predicted octanol–water partition coefficient (Wildman–Crippen LogP) is 6.96. The Balaban J connectivity index is 2.12. The van der Waals surface area contributed by atoms with Crippen LogP contribution in [0.4, 0.5) is 18.9 Å². The number of aryl methyl sites for hydroxylation is 1. The molecule has 2 amide bonds. The fraction of sp³-hybridized carbons (Fsp3) is 0.333. The van der Waals surface area contributed by atoms with Gasteiger partial charge in [-0.2, -0.15) is 13.2 Å². The molecule has 3 rings (SSSR count). The van der Waals surface area contributed by atoms with Gasteiger partial charge in [0, 0.05) is 17.1 Å². The molecule has 43 heavy (non-hydrogen) atoms. The molecule has 0 aliphatic carbocycles. The van der Waals surface area contributed by atoms with Gasteiger partial charge < -0.3 is 10.2 Å². The monoisotopic (exact) mass is 701 g/mol. The Hall–Kier alpha value is -3.09. The molecule has 0 saturated heterocycles. The normalized spacial score (nSPS) is 13.2. The van der Waals surface area contributed by atoms with Crippen molar-refractivity contribution in [3.8, 4) is 0 Å². The van der Waals surface area contributed by atoms with Crippen molar-refractivity contribution in [1.82, 2.24) is 10.2 Å². The Morgan fingerprint density at radius 1 is 1.02 bits per heavy atom. The molecule has 0 heterocycles. The molecule has 0 unspecified atom stereocenters. The van der Waals surface area contributed by atoms with Gasteiger partial charge in [-0.3, -0.25) is 13.9 Å². The number of sulfonamides is 1. The van der Waals surface area contributed by atoms with E-state index in [4.69, 9.17) is 11.6 Å². The molecule has 0 spiro atoms. The third-order valence-electron chi connectivity index (χ3n) is 6.84. The van der Waals surface area contributed by atoms with Gasteiger partial charge in [0.1, 0.15) is 12.6 Å². The summed E-state index contributed by atoms with van der Waals surface area (Å²) in [6.45, 7) is 5.99. The topological polar surface area (TPSA) is 86.8 Å². The van der Waals surface area contributed by atoms with Crippen LogP contribution < -0.4 is 9.62 Å². The van der Waals surface area contributed by atoms with E-state index < -0.39 is 56.9 Å². The van der Waals surface area contributed by atoms with Crippen LogP contribution in [0.15, 0.2) is 76.1 Å². The highest BCUT2D eigenvalue weighted by Crippen LogP contribution is 2.38. The Morgan fingerprint density at radius 3 is 2.26 bits per heavy atom. The molecule has 0 saturated carbocycles. The van der Waals surface area contributed by atoms with E-state index in [0.29, 0.717) is 22.4 Å². The summed E-state index contributed by atoms with van der Waals surface area (Å²) in [5.74, 6) is -1.26. The number of amides is 2. The van der Waals surface area contributed by atoms with Crippen LogP contribution in [0.1, 0.15) is 43.9 Å².